The summed E-state index contributed by atoms with van der Waals surface area (Å²) in [7, 11) is 0. The van der Waals surface area contributed by atoms with Crippen LogP contribution in [0.5, 0.6) is 0 Å². The molecule has 0 spiro atoms. The molecule has 2 aliphatic carbocycles. The molecule has 0 aromatic heterocycles. The van der Waals surface area contributed by atoms with Crippen molar-refractivity contribution < 1.29 is 24.1 Å². The van der Waals surface area contributed by atoms with Crippen molar-refractivity contribution in [1.82, 2.24) is 0 Å². The van der Waals surface area contributed by atoms with Crippen LogP contribution in [0.3, 0.4) is 0 Å². The van der Waals surface area contributed by atoms with E-state index in [9.17, 15) is 5.11 Å². The molecule has 6 rings (SSSR count). The second kappa shape index (κ2) is 10.7. The fraction of sp³-hybridized carbons (Fsp3) is 0.677. The van der Waals surface area contributed by atoms with Crippen molar-refractivity contribution >= 4 is 10.8 Å². The van der Waals surface area contributed by atoms with Crippen molar-refractivity contribution in [3.8, 4) is 0 Å². The molecule has 4 fully saturated rings. The molecule has 5 nitrogen and oxygen atoms in total. The summed E-state index contributed by atoms with van der Waals surface area (Å²) in [6.45, 7) is 5.41. The standard InChI is InChI=1S/C31H42O5/c1-3-28-26(18-34-31(35-28)27-14-20-8-9-23(27)13-20)16-29-25(12-19(2)32)17-33-30(36-29)24-11-10-21-6-4-5-7-22(21)15-24/h4-7,10-11,15,19-20,23,25-32H,3,8-9,12-14,16-18H2,1-2H3. The Morgan fingerprint density at radius 3 is 2.50 bits per heavy atom. The fourth-order valence-electron chi connectivity index (χ4n) is 7.51. The van der Waals surface area contributed by atoms with Crippen LogP contribution in [0.25, 0.3) is 10.8 Å². The van der Waals surface area contributed by atoms with Crippen molar-refractivity contribution in [3.63, 3.8) is 0 Å². The first kappa shape index (κ1) is 24.8. The first-order valence-corrected chi connectivity index (χ1v) is 14.3. The van der Waals surface area contributed by atoms with Crippen molar-refractivity contribution in [2.24, 2.45) is 29.6 Å². The predicted octanol–water partition coefficient (Wildman–Crippen LogP) is 6.23. The van der Waals surface area contributed by atoms with Crippen LogP contribution in [-0.2, 0) is 18.9 Å². The van der Waals surface area contributed by atoms with E-state index >= 15 is 0 Å². The number of fused-ring (bicyclic) bond motifs is 3. The van der Waals surface area contributed by atoms with Crippen LogP contribution >= 0.6 is 0 Å². The third kappa shape index (κ3) is 5.10. The van der Waals surface area contributed by atoms with E-state index in [2.05, 4.69) is 49.4 Å². The Hall–Kier alpha value is -1.50. The van der Waals surface area contributed by atoms with Crippen LogP contribution in [0.2, 0.25) is 0 Å². The summed E-state index contributed by atoms with van der Waals surface area (Å²) in [6, 6.07) is 14.8. The Labute approximate surface area is 215 Å². The SMILES string of the molecule is CCC1OC(C2CC3CCC2C3)OCC1CC1OC(c2ccc3ccccc3c2)OCC1CC(C)O. The minimum atomic E-state index is -0.392. The second-order valence-electron chi connectivity index (χ2n) is 11.9. The number of hydrogen-bond donors (Lipinski definition) is 1. The van der Waals surface area contributed by atoms with Gasteiger partial charge in [-0.2, -0.15) is 0 Å². The molecule has 0 amide bonds. The maximum Gasteiger partial charge on any atom is 0.184 e. The maximum atomic E-state index is 10.2. The summed E-state index contributed by atoms with van der Waals surface area (Å²) < 4.78 is 25.9. The molecular weight excluding hydrogens is 452 g/mol. The van der Waals surface area contributed by atoms with Gasteiger partial charge in [0, 0.05) is 23.3 Å². The molecule has 0 radical (unpaired) electrons. The van der Waals surface area contributed by atoms with E-state index < -0.39 is 6.29 Å². The summed E-state index contributed by atoms with van der Waals surface area (Å²) in [4.78, 5) is 0. The highest BCUT2D eigenvalue weighted by molar-refractivity contribution is 5.83. The van der Waals surface area contributed by atoms with Gasteiger partial charge in [0.25, 0.3) is 0 Å². The molecule has 196 valence electrons. The Bertz CT molecular complexity index is 1020. The molecule has 4 aliphatic rings. The van der Waals surface area contributed by atoms with Gasteiger partial charge in [-0.15, -0.1) is 0 Å². The molecule has 2 aliphatic heterocycles. The lowest BCUT2D eigenvalue weighted by molar-refractivity contribution is -0.281. The zero-order chi connectivity index (χ0) is 24.6. The molecular formula is C31H42O5. The van der Waals surface area contributed by atoms with Crippen molar-refractivity contribution in [2.45, 2.75) is 89.7 Å². The molecule has 2 aromatic rings. The zero-order valence-electron chi connectivity index (χ0n) is 21.8. The molecule has 5 heteroatoms. The number of rotatable bonds is 7. The molecule has 2 aromatic carbocycles. The van der Waals surface area contributed by atoms with Gasteiger partial charge in [0.2, 0.25) is 0 Å². The van der Waals surface area contributed by atoms with E-state index in [1.165, 1.54) is 36.5 Å². The molecule has 2 heterocycles. The second-order valence-corrected chi connectivity index (χ2v) is 11.9. The van der Waals surface area contributed by atoms with Crippen molar-refractivity contribution in [2.75, 3.05) is 13.2 Å². The molecule has 10 atom stereocenters. The van der Waals surface area contributed by atoms with Crippen LogP contribution in [-0.4, -0.2) is 42.9 Å². The molecule has 2 saturated heterocycles. The highest BCUT2D eigenvalue weighted by Gasteiger charge is 2.47. The average molecular weight is 495 g/mol. The molecule has 10 unspecified atom stereocenters. The number of aliphatic hydroxyl groups is 1. The highest BCUT2D eigenvalue weighted by Crippen LogP contribution is 2.51. The van der Waals surface area contributed by atoms with Gasteiger partial charge in [-0.05, 0) is 74.1 Å². The van der Waals surface area contributed by atoms with E-state index in [-0.39, 0.29) is 30.5 Å². The Morgan fingerprint density at radius 2 is 1.75 bits per heavy atom. The lowest BCUT2D eigenvalue weighted by Gasteiger charge is -2.44. The minimum Gasteiger partial charge on any atom is -0.393 e. The normalized spacial score (nSPS) is 39.5. The number of benzene rings is 2. The lowest BCUT2D eigenvalue weighted by atomic mass is 9.84. The highest BCUT2D eigenvalue weighted by atomic mass is 16.7. The number of aliphatic hydroxyl groups excluding tert-OH is 1. The molecule has 1 N–H and O–H groups in total. The van der Waals surface area contributed by atoms with Crippen molar-refractivity contribution in [1.29, 1.82) is 0 Å². The van der Waals surface area contributed by atoms with E-state index in [0.717, 1.165) is 36.8 Å². The van der Waals surface area contributed by atoms with Gasteiger partial charge in [-0.25, -0.2) is 0 Å². The average Bonchev–Trinajstić information content (AvgIpc) is 3.53. The molecule has 36 heavy (non-hydrogen) atoms. The predicted molar refractivity (Wildman–Crippen MR) is 139 cm³/mol. The summed E-state index contributed by atoms with van der Waals surface area (Å²) in [5.41, 5.74) is 1.05. The quantitative estimate of drug-likeness (QED) is 0.494. The molecule has 2 saturated carbocycles. The zero-order valence-corrected chi connectivity index (χ0v) is 21.8. The van der Waals surface area contributed by atoms with Gasteiger partial charge in [-0.1, -0.05) is 49.7 Å². The topological polar surface area (TPSA) is 57.2 Å². The van der Waals surface area contributed by atoms with Crippen molar-refractivity contribution in [3.05, 3.63) is 48.0 Å². The van der Waals surface area contributed by atoms with E-state index in [1.807, 2.05) is 6.92 Å². The van der Waals surface area contributed by atoms with Gasteiger partial charge in [0.1, 0.15) is 0 Å². The van der Waals surface area contributed by atoms with E-state index in [0.29, 0.717) is 24.9 Å². The summed E-state index contributed by atoms with van der Waals surface area (Å²) in [5, 5.41) is 12.6. The minimum absolute atomic E-state index is 0.00452. The lowest BCUT2D eigenvalue weighted by Crippen LogP contribution is -2.47. The van der Waals surface area contributed by atoms with Gasteiger partial charge >= 0.3 is 0 Å². The molecule has 2 bridgehead atoms. The van der Waals surface area contributed by atoms with Gasteiger partial charge < -0.3 is 24.1 Å². The Balaban J connectivity index is 1.15. The first-order chi connectivity index (χ1) is 17.6. The smallest absolute Gasteiger partial charge is 0.184 e. The first-order valence-electron chi connectivity index (χ1n) is 14.3. The third-order valence-electron chi connectivity index (χ3n) is 9.36. The van der Waals surface area contributed by atoms with Crippen LogP contribution in [0.15, 0.2) is 42.5 Å². The maximum absolute atomic E-state index is 10.2. The van der Waals surface area contributed by atoms with Crippen LogP contribution in [0, 0.1) is 29.6 Å². The number of ether oxygens (including phenoxy) is 4. The number of hydrogen-bond acceptors (Lipinski definition) is 5. The van der Waals surface area contributed by atoms with Crippen LogP contribution in [0.1, 0.15) is 70.6 Å². The van der Waals surface area contributed by atoms with Crippen LogP contribution < -0.4 is 0 Å². The summed E-state index contributed by atoms with van der Waals surface area (Å²) in [5.74, 6) is 2.72. The van der Waals surface area contributed by atoms with E-state index in [1.54, 1.807) is 0 Å². The largest absolute Gasteiger partial charge is 0.393 e. The van der Waals surface area contributed by atoms with E-state index in [4.69, 9.17) is 18.9 Å². The Kier molecular flexibility index (Phi) is 7.38. The summed E-state index contributed by atoms with van der Waals surface area (Å²) >= 11 is 0. The Morgan fingerprint density at radius 1 is 0.917 bits per heavy atom. The van der Waals surface area contributed by atoms with Crippen LogP contribution in [0.4, 0.5) is 0 Å². The van der Waals surface area contributed by atoms with Gasteiger partial charge in [0.15, 0.2) is 12.6 Å². The monoisotopic (exact) mass is 494 g/mol. The van der Waals surface area contributed by atoms with Gasteiger partial charge in [-0.3, -0.25) is 0 Å². The summed E-state index contributed by atoms with van der Waals surface area (Å²) in [6.07, 6.45) is 7.33. The van der Waals surface area contributed by atoms with Gasteiger partial charge in [0.05, 0.1) is 31.5 Å². The third-order valence-corrected chi connectivity index (χ3v) is 9.36. The fourth-order valence-corrected chi connectivity index (χ4v) is 7.51.